The van der Waals surface area contributed by atoms with Crippen LogP contribution in [0.3, 0.4) is 0 Å². The minimum atomic E-state index is -2.55. The molecule has 1 aliphatic rings. The number of methoxy groups -OCH3 is 2. The van der Waals surface area contributed by atoms with Crippen molar-refractivity contribution in [3.63, 3.8) is 0 Å². The van der Waals surface area contributed by atoms with Crippen molar-refractivity contribution in [1.29, 1.82) is 0 Å². The number of ether oxygens (including phenoxy) is 2. The van der Waals surface area contributed by atoms with Crippen LogP contribution in [0.25, 0.3) is 0 Å². The SMILES string of the molecule is COc1ccc(NC(N)=NCC2CCC(F)(F)C2)cc1OC. The van der Waals surface area contributed by atoms with Crippen LogP contribution in [0.15, 0.2) is 23.2 Å². The third kappa shape index (κ3) is 4.22. The van der Waals surface area contributed by atoms with Crippen LogP contribution in [0.5, 0.6) is 11.5 Å². The Bertz CT molecular complexity index is 550. The van der Waals surface area contributed by atoms with Crippen molar-refractivity contribution >= 4 is 11.6 Å². The molecule has 0 amide bonds. The zero-order valence-corrected chi connectivity index (χ0v) is 12.7. The lowest BCUT2D eigenvalue weighted by atomic mass is 10.1. The molecule has 0 spiro atoms. The van der Waals surface area contributed by atoms with Gasteiger partial charge in [0.2, 0.25) is 5.92 Å². The van der Waals surface area contributed by atoms with Crippen molar-refractivity contribution in [3.05, 3.63) is 18.2 Å². The Morgan fingerprint density at radius 3 is 2.68 bits per heavy atom. The number of hydrogen-bond donors (Lipinski definition) is 2. The summed E-state index contributed by atoms with van der Waals surface area (Å²) < 4.78 is 36.5. The van der Waals surface area contributed by atoms with E-state index in [9.17, 15) is 8.78 Å². The summed E-state index contributed by atoms with van der Waals surface area (Å²) in [4.78, 5) is 4.14. The van der Waals surface area contributed by atoms with E-state index in [0.717, 1.165) is 0 Å². The molecule has 1 aromatic rings. The van der Waals surface area contributed by atoms with E-state index in [-0.39, 0.29) is 24.7 Å². The topological polar surface area (TPSA) is 68.9 Å². The molecule has 122 valence electrons. The summed E-state index contributed by atoms with van der Waals surface area (Å²) in [6.45, 7) is 0.307. The van der Waals surface area contributed by atoms with Crippen molar-refractivity contribution in [1.82, 2.24) is 0 Å². The highest BCUT2D eigenvalue weighted by Gasteiger charge is 2.39. The number of nitrogens with one attached hydrogen (secondary N) is 1. The number of benzene rings is 1. The summed E-state index contributed by atoms with van der Waals surface area (Å²) in [6.07, 6.45) is 0.316. The van der Waals surface area contributed by atoms with Gasteiger partial charge in [-0.1, -0.05) is 0 Å². The van der Waals surface area contributed by atoms with Crippen LogP contribution in [0.1, 0.15) is 19.3 Å². The van der Waals surface area contributed by atoms with Crippen molar-refractivity contribution in [2.45, 2.75) is 25.2 Å². The molecular weight excluding hydrogens is 292 g/mol. The minimum absolute atomic E-state index is 0.0593. The molecule has 0 bridgehead atoms. The summed E-state index contributed by atoms with van der Waals surface area (Å²) >= 11 is 0. The van der Waals surface area contributed by atoms with E-state index in [1.165, 1.54) is 0 Å². The van der Waals surface area contributed by atoms with Crippen molar-refractivity contribution in [2.24, 2.45) is 16.6 Å². The Balaban J connectivity index is 1.94. The van der Waals surface area contributed by atoms with Crippen LogP contribution in [-0.2, 0) is 0 Å². The van der Waals surface area contributed by atoms with Crippen LogP contribution in [-0.4, -0.2) is 32.6 Å². The van der Waals surface area contributed by atoms with Gasteiger partial charge in [-0.2, -0.15) is 0 Å². The first-order valence-corrected chi connectivity index (χ1v) is 7.10. The standard InChI is InChI=1S/C15H21F2N3O2/c1-21-12-4-3-11(7-13(12)22-2)20-14(18)19-9-10-5-6-15(16,17)8-10/h3-4,7,10H,5-6,8-9H2,1-2H3,(H3,18,19,20). The lowest BCUT2D eigenvalue weighted by Gasteiger charge is -2.12. The second-order valence-corrected chi connectivity index (χ2v) is 5.39. The predicted octanol–water partition coefficient (Wildman–Crippen LogP) is 2.87. The van der Waals surface area contributed by atoms with E-state index in [4.69, 9.17) is 15.2 Å². The van der Waals surface area contributed by atoms with Gasteiger partial charge in [-0.05, 0) is 24.5 Å². The fourth-order valence-corrected chi connectivity index (χ4v) is 2.53. The van der Waals surface area contributed by atoms with Crippen molar-refractivity contribution in [2.75, 3.05) is 26.1 Å². The zero-order chi connectivity index (χ0) is 16.2. The molecule has 1 aliphatic carbocycles. The molecule has 0 aliphatic heterocycles. The summed E-state index contributed by atoms with van der Waals surface area (Å²) in [5, 5.41) is 2.92. The number of alkyl halides is 2. The van der Waals surface area contributed by atoms with Gasteiger partial charge in [-0.25, -0.2) is 8.78 Å². The molecule has 0 heterocycles. The predicted molar refractivity (Wildman–Crippen MR) is 81.9 cm³/mol. The number of nitrogens with zero attached hydrogens (tertiary/aromatic N) is 1. The van der Waals surface area contributed by atoms with Crippen molar-refractivity contribution < 1.29 is 18.3 Å². The number of nitrogens with two attached hydrogens (primary N) is 1. The molecule has 5 nitrogen and oxygen atoms in total. The molecule has 2 rings (SSSR count). The Morgan fingerprint density at radius 1 is 1.36 bits per heavy atom. The molecule has 1 fully saturated rings. The fraction of sp³-hybridized carbons (Fsp3) is 0.533. The molecule has 7 heteroatoms. The van der Waals surface area contributed by atoms with Gasteiger partial charge in [-0.15, -0.1) is 0 Å². The number of hydrogen-bond acceptors (Lipinski definition) is 3. The second-order valence-electron chi connectivity index (χ2n) is 5.39. The van der Waals surface area contributed by atoms with Crippen LogP contribution >= 0.6 is 0 Å². The molecular formula is C15H21F2N3O2. The molecule has 22 heavy (non-hydrogen) atoms. The minimum Gasteiger partial charge on any atom is -0.493 e. The Labute approximate surface area is 128 Å². The van der Waals surface area contributed by atoms with Gasteiger partial charge >= 0.3 is 0 Å². The zero-order valence-electron chi connectivity index (χ0n) is 12.7. The van der Waals surface area contributed by atoms with Crippen LogP contribution in [0, 0.1) is 5.92 Å². The summed E-state index contributed by atoms with van der Waals surface area (Å²) in [7, 11) is 3.09. The van der Waals surface area contributed by atoms with E-state index >= 15 is 0 Å². The normalized spacial score (nSPS) is 20.7. The lowest BCUT2D eigenvalue weighted by molar-refractivity contribution is 0.00542. The maximum atomic E-state index is 13.1. The van der Waals surface area contributed by atoms with Gasteiger partial charge in [-0.3, -0.25) is 4.99 Å². The first-order valence-electron chi connectivity index (χ1n) is 7.10. The first kappa shape index (κ1) is 16.3. The van der Waals surface area contributed by atoms with Gasteiger partial charge in [0.1, 0.15) is 0 Å². The molecule has 1 unspecified atom stereocenters. The highest BCUT2D eigenvalue weighted by atomic mass is 19.3. The quantitative estimate of drug-likeness (QED) is 0.648. The molecule has 1 aromatic carbocycles. The summed E-state index contributed by atoms with van der Waals surface area (Å²) in [6, 6.07) is 5.24. The third-order valence-electron chi connectivity index (χ3n) is 3.68. The Hall–Kier alpha value is -2.05. The van der Waals surface area contributed by atoms with Gasteiger partial charge in [0.15, 0.2) is 17.5 Å². The van der Waals surface area contributed by atoms with E-state index in [0.29, 0.717) is 30.2 Å². The number of anilines is 1. The average molecular weight is 313 g/mol. The van der Waals surface area contributed by atoms with Crippen LogP contribution in [0.2, 0.25) is 0 Å². The highest BCUT2D eigenvalue weighted by Crippen LogP contribution is 2.38. The molecule has 0 radical (unpaired) electrons. The van der Waals surface area contributed by atoms with E-state index < -0.39 is 5.92 Å². The molecule has 3 N–H and O–H groups in total. The van der Waals surface area contributed by atoms with E-state index in [2.05, 4.69) is 10.3 Å². The monoisotopic (exact) mass is 313 g/mol. The Morgan fingerprint density at radius 2 is 2.09 bits per heavy atom. The van der Waals surface area contributed by atoms with Crippen LogP contribution < -0.4 is 20.5 Å². The number of rotatable bonds is 5. The van der Waals surface area contributed by atoms with E-state index in [1.54, 1.807) is 32.4 Å². The maximum absolute atomic E-state index is 13.1. The highest BCUT2D eigenvalue weighted by molar-refractivity contribution is 5.92. The average Bonchev–Trinajstić information content (AvgIpc) is 2.84. The number of aliphatic imine (C=N–C) groups is 1. The molecule has 1 atom stereocenters. The van der Waals surface area contributed by atoms with E-state index in [1.807, 2.05) is 0 Å². The van der Waals surface area contributed by atoms with Gasteiger partial charge in [0, 0.05) is 31.1 Å². The first-order chi connectivity index (χ1) is 10.4. The molecule has 0 saturated heterocycles. The maximum Gasteiger partial charge on any atom is 0.248 e. The Kier molecular flexibility index (Phi) is 5.05. The number of halogens is 2. The lowest BCUT2D eigenvalue weighted by Crippen LogP contribution is -2.23. The molecule has 0 aromatic heterocycles. The van der Waals surface area contributed by atoms with Gasteiger partial charge in [0.05, 0.1) is 14.2 Å². The van der Waals surface area contributed by atoms with Crippen molar-refractivity contribution in [3.8, 4) is 11.5 Å². The largest absolute Gasteiger partial charge is 0.493 e. The third-order valence-corrected chi connectivity index (χ3v) is 3.68. The summed E-state index contributed by atoms with van der Waals surface area (Å²) in [5.74, 6) is -1.29. The summed E-state index contributed by atoms with van der Waals surface area (Å²) in [5.41, 5.74) is 6.48. The smallest absolute Gasteiger partial charge is 0.248 e. The second kappa shape index (κ2) is 6.81. The van der Waals surface area contributed by atoms with Gasteiger partial charge < -0.3 is 20.5 Å². The number of guanidine groups is 1. The molecule has 1 saturated carbocycles. The fourth-order valence-electron chi connectivity index (χ4n) is 2.53. The van der Waals surface area contributed by atoms with Gasteiger partial charge in [0.25, 0.3) is 0 Å². The van der Waals surface area contributed by atoms with Crippen LogP contribution in [0.4, 0.5) is 14.5 Å².